The molecule has 10 nitrogen and oxygen atoms in total. The molecular formula is C44H62N2O8S. The molecule has 2 aliphatic carbocycles. The number of aliphatic hydroxyl groups is 2. The molecule has 1 aliphatic heterocycles. The molecule has 302 valence electrons. The molecule has 0 bridgehead atoms. The van der Waals surface area contributed by atoms with Gasteiger partial charge in [-0.2, -0.15) is 0 Å². The third-order valence-electron chi connectivity index (χ3n) is 10.8. The Balaban J connectivity index is 1.74. The van der Waals surface area contributed by atoms with Crippen LogP contribution in [0.25, 0.3) is 0 Å². The van der Waals surface area contributed by atoms with Gasteiger partial charge in [0.2, 0.25) is 5.79 Å². The van der Waals surface area contributed by atoms with Crippen LogP contribution in [0.5, 0.6) is 17.2 Å². The van der Waals surface area contributed by atoms with E-state index >= 15 is 0 Å². The maximum Gasteiger partial charge on any atom is 0.410 e. The van der Waals surface area contributed by atoms with Crippen LogP contribution >= 0.6 is 11.8 Å². The van der Waals surface area contributed by atoms with Gasteiger partial charge in [0, 0.05) is 42.6 Å². The summed E-state index contributed by atoms with van der Waals surface area (Å²) in [5.41, 5.74) is 2.51. The molecule has 1 heterocycles. The van der Waals surface area contributed by atoms with Crippen LogP contribution in [0.15, 0.2) is 76.8 Å². The van der Waals surface area contributed by atoms with Crippen LogP contribution in [0.4, 0.5) is 4.79 Å². The molecule has 0 spiro atoms. The number of aliphatic hydroxyl groups excluding tert-OH is 2. The zero-order chi connectivity index (χ0) is 39.6. The summed E-state index contributed by atoms with van der Waals surface area (Å²) in [6.45, 7) is 13.3. The summed E-state index contributed by atoms with van der Waals surface area (Å²) in [5.74, 6) is 0.475. The highest BCUT2D eigenvalue weighted by molar-refractivity contribution is 7.98. The number of nitrogens with zero attached hydrogens (tertiary/aromatic N) is 2. The Labute approximate surface area is 332 Å². The van der Waals surface area contributed by atoms with Gasteiger partial charge in [-0.05, 0) is 104 Å². The van der Waals surface area contributed by atoms with Crippen LogP contribution in [0.1, 0.15) is 90.5 Å². The van der Waals surface area contributed by atoms with Gasteiger partial charge in [0.05, 0.1) is 24.8 Å². The maximum atomic E-state index is 14.2. The van der Waals surface area contributed by atoms with Crippen molar-refractivity contribution in [1.82, 2.24) is 4.90 Å². The molecule has 11 heteroatoms. The number of hydrogen-bond acceptors (Lipinski definition) is 10. The number of oxime groups is 1. The monoisotopic (exact) mass is 778 g/mol. The zero-order valence-electron chi connectivity index (χ0n) is 33.6. The molecule has 1 fully saturated rings. The minimum atomic E-state index is -1.33. The number of thioether (sulfide) groups is 1. The molecule has 3 aliphatic rings. The van der Waals surface area contributed by atoms with E-state index in [9.17, 15) is 15.0 Å². The lowest BCUT2D eigenvalue weighted by molar-refractivity contribution is -0.255. The molecule has 2 aromatic carbocycles. The standard InChI is InChI=1S/C44H62N2O8S/c1-8-22-46(42(49)51-29-43(3,4)5)39-28-37(45-50-6)35-26-30(14-10-12-23-47)34(15-11-13-24-48)40-36-27-32(53-31-16-19-33(55-7)20-17-31)18-21-38(36)54-44(39,41(35)40)52-25-9-2/h9,16-21,26-27,30,34,39-41,47-48H,2,8,10-15,22-25,28-29H2,1,3-7H3. The van der Waals surface area contributed by atoms with Gasteiger partial charge in [-0.25, -0.2) is 4.79 Å². The molecule has 6 unspecified atom stereocenters. The van der Waals surface area contributed by atoms with Crippen LogP contribution < -0.4 is 9.47 Å². The largest absolute Gasteiger partial charge is 0.459 e. The van der Waals surface area contributed by atoms with E-state index in [0.717, 1.165) is 53.2 Å². The van der Waals surface area contributed by atoms with Crippen molar-refractivity contribution in [2.45, 2.75) is 102 Å². The molecule has 2 aromatic rings. The Morgan fingerprint density at radius 2 is 1.78 bits per heavy atom. The van der Waals surface area contributed by atoms with Crippen molar-refractivity contribution in [2.24, 2.45) is 28.3 Å². The predicted molar refractivity (Wildman–Crippen MR) is 218 cm³/mol. The second-order valence-corrected chi connectivity index (χ2v) is 16.9. The van der Waals surface area contributed by atoms with Crippen molar-refractivity contribution in [3.05, 3.63) is 72.3 Å². The van der Waals surface area contributed by atoms with Gasteiger partial charge in [0.15, 0.2) is 0 Å². The van der Waals surface area contributed by atoms with Crippen molar-refractivity contribution < 1.29 is 38.8 Å². The highest BCUT2D eigenvalue weighted by atomic mass is 32.2. The second kappa shape index (κ2) is 19.6. The van der Waals surface area contributed by atoms with E-state index in [1.807, 2.05) is 70.3 Å². The average molecular weight is 779 g/mol. The Hall–Kier alpha value is -3.51. The number of allylic oxidation sites excluding steroid dienone is 1. The third kappa shape index (κ3) is 9.90. The van der Waals surface area contributed by atoms with Gasteiger partial charge >= 0.3 is 6.09 Å². The number of fused-ring (bicyclic) bond motifs is 2. The molecule has 1 amide bonds. The minimum Gasteiger partial charge on any atom is -0.459 e. The van der Waals surface area contributed by atoms with Crippen LogP contribution in [0, 0.1) is 23.2 Å². The lowest BCUT2D eigenvalue weighted by atomic mass is 9.55. The van der Waals surface area contributed by atoms with Gasteiger partial charge in [0.25, 0.3) is 0 Å². The van der Waals surface area contributed by atoms with Crippen molar-refractivity contribution in [3.8, 4) is 17.2 Å². The van der Waals surface area contributed by atoms with Crippen LogP contribution in [0.2, 0.25) is 0 Å². The molecule has 0 aromatic heterocycles. The molecule has 55 heavy (non-hydrogen) atoms. The Morgan fingerprint density at radius 1 is 1.07 bits per heavy atom. The predicted octanol–water partition coefficient (Wildman–Crippen LogP) is 9.36. The first-order valence-electron chi connectivity index (χ1n) is 19.9. The quantitative estimate of drug-likeness (QED) is 0.0623. The van der Waals surface area contributed by atoms with Gasteiger partial charge in [0.1, 0.15) is 30.4 Å². The minimum absolute atomic E-state index is 0.111. The number of unbranched alkanes of at least 4 members (excludes halogenated alkanes) is 2. The fourth-order valence-electron chi connectivity index (χ4n) is 8.58. The number of hydrogen-bond donors (Lipinski definition) is 2. The van der Waals surface area contributed by atoms with E-state index < -0.39 is 23.8 Å². The normalized spacial score (nSPS) is 24.9. The molecule has 6 atom stereocenters. The van der Waals surface area contributed by atoms with Crippen LogP contribution in [-0.4, -0.2) is 85.1 Å². The first-order chi connectivity index (χ1) is 26.5. The molecule has 1 saturated carbocycles. The second-order valence-electron chi connectivity index (χ2n) is 16.0. The first-order valence-corrected chi connectivity index (χ1v) is 21.1. The van der Waals surface area contributed by atoms with E-state index in [4.69, 9.17) is 23.8 Å². The fraction of sp³-hybridized carbons (Fsp3) is 0.591. The van der Waals surface area contributed by atoms with E-state index in [0.29, 0.717) is 43.7 Å². The smallest absolute Gasteiger partial charge is 0.410 e. The van der Waals surface area contributed by atoms with Crippen LogP contribution in [0.3, 0.4) is 0 Å². The van der Waals surface area contributed by atoms with E-state index in [2.05, 4.69) is 23.9 Å². The average Bonchev–Trinajstić information content (AvgIpc) is 3.17. The summed E-state index contributed by atoms with van der Waals surface area (Å²) in [6, 6.07) is 13.4. The lowest BCUT2D eigenvalue weighted by Gasteiger charge is -2.60. The van der Waals surface area contributed by atoms with Gasteiger partial charge in [-0.1, -0.05) is 57.8 Å². The number of carbonyl (C=O) groups excluding carboxylic acids is 1. The van der Waals surface area contributed by atoms with E-state index in [-0.39, 0.29) is 49.6 Å². The highest BCUT2D eigenvalue weighted by Crippen LogP contribution is 2.62. The van der Waals surface area contributed by atoms with Gasteiger partial charge in [-0.3, -0.25) is 4.90 Å². The van der Waals surface area contributed by atoms with Crippen molar-refractivity contribution in [3.63, 3.8) is 0 Å². The van der Waals surface area contributed by atoms with Gasteiger partial charge in [-0.15, -0.1) is 18.3 Å². The number of benzene rings is 2. The summed E-state index contributed by atoms with van der Waals surface area (Å²) in [5, 5.41) is 24.3. The summed E-state index contributed by atoms with van der Waals surface area (Å²) in [4.78, 5) is 22.7. The number of carbonyl (C=O) groups is 1. The Bertz CT molecular complexity index is 1640. The summed E-state index contributed by atoms with van der Waals surface area (Å²) in [6.07, 6.45) is 11.5. The summed E-state index contributed by atoms with van der Waals surface area (Å²) >= 11 is 1.68. The first kappa shape index (κ1) is 42.6. The Morgan fingerprint density at radius 3 is 2.42 bits per heavy atom. The highest BCUT2D eigenvalue weighted by Gasteiger charge is 2.65. The number of rotatable bonds is 19. The fourth-order valence-corrected chi connectivity index (χ4v) is 8.99. The number of amides is 1. The number of ether oxygens (including phenoxy) is 4. The van der Waals surface area contributed by atoms with Gasteiger partial charge < -0.3 is 34.0 Å². The zero-order valence-corrected chi connectivity index (χ0v) is 34.4. The maximum absolute atomic E-state index is 14.2. The van der Waals surface area contributed by atoms with E-state index in [1.165, 1.54) is 0 Å². The van der Waals surface area contributed by atoms with Crippen LogP contribution in [-0.2, 0) is 14.3 Å². The molecule has 5 rings (SSSR count). The lowest BCUT2D eigenvalue weighted by Crippen LogP contribution is -2.70. The van der Waals surface area contributed by atoms with Crippen molar-refractivity contribution in [2.75, 3.05) is 46.3 Å². The molecule has 2 N–H and O–H groups in total. The van der Waals surface area contributed by atoms with Crippen molar-refractivity contribution >= 4 is 23.6 Å². The topological polar surface area (TPSA) is 119 Å². The molecule has 0 radical (unpaired) electrons. The Kier molecular flexibility index (Phi) is 15.2. The summed E-state index contributed by atoms with van der Waals surface area (Å²) in [7, 11) is 1.55. The SMILES string of the molecule is C=CCOC12Oc3ccc(Oc4ccc(SC)cc4)cc3C3C(CCCCO)C(CCCCO)C=C(C(=NOC)CC1N(CCC)C(=O)OCC(C)(C)C)C32. The molecule has 0 saturated heterocycles. The summed E-state index contributed by atoms with van der Waals surface area (Å²) < 4.78 is 26.8. The van der Waals surface area contributed by atoms with E-state index in [1.54, 1.807) is 29.8 Å². The third-order valence-corrected chi connectivity index (χ3v) is 11.6. The van der Waals surface area contributed by atoms with Crippen molar-refractivity contribution in [1.29, 1.82) is 0 Å². The molecular weight excluding hydrogens is 717 g/mol.